The van der Waals surface area contributed by atoms with Gasteiger partial charge in [0.2, 0.25) is 5.78 Å². The molecule has 174 valence electrons. The van der Waals surface area contributed by atoms with E-state index in [2.05, 4.69) is 0 Å². The maximum atomic E-state index is 12.8. The summed E-state index contributed by atoms with van der Waals surface area (Å²) in [5.74, 6) is 2.90. The summed E-state index contributed by atoms with van der Waals surface area (Å²) in [6, 6.07) is 14.1. The number of fused-ring (bicyclic) bond motifs is 2. The van der Waals surface area contributed by atoms with Gasteiger partial charge in [0, 0.05) is 22.2 Å². The van der Waals surface area contributed by atoms with Crippen molar-refractivity contribution >= 4 is 23.5 Å². The summed E-state index contributed by atoms with van der Waals surface area (Å²) in [5.41, 5.74) is 2.92. The van der Waals surface area contributed by atoms with Gasteiger partial charge in [-0.15, -0.1) is 0 Å². The Balaban J connectivity index is 1.34. The number of benzene rings is 3. The Morgan fingerprint density at radius 1 is 1.03 bits per heavy atom. The van der Waals surface area contributed by atoms with E-state index in [9.17, 15) is 4.79 Å². The maximum absolute atomic E-state index is 12.8. The lowest BCUT2D eigenvalue weighted by Gasteiger charge is -2.21. The molecule has 0 fully saturated rings. The summed E-state index contributed by atoms with van der Waals surface area (Å²) in [7, 11) is 3.13. The first kappa shape index (κ1) is 22.1. The Labute approximate surface area is 201 Å². The lowest BCUT2D eigenvalue weighted by Crippen LogP contribution is -2.14. The SMILES string of the molecule is COc1ccc(/C=C2\Oc3cc(OCc4cc(Cl)cc5c4OCOC5)ccc3C2=O)cc1OC. The Morgan fingerprint density at radius 2 is 1.88 bits per heavy atom. The van der Waals surface area contributed by atoms with Gasteiger partial charge in [-0.05, 0) is 48.0 Å². The first-order valence-corrected chi connectivity index (χ1v) is 10.9. The number of carbonyl (C=O) groups is 1. The molecule has 7 nitrogen and oxygen atoms in total. The lowest BCUT2D eigenvalue weighted by molar-refractivity contribution is -0.0175. The monoisotopic (exact) mass is 480 g/mol. The van der Waals surface area contributed by atoms with Gasteiger partial charge in [-0.25, -0.2) is 0 Å². The van der Waals surface area contributed by atoms with Crippen molar-refractivity contribution in [1.29, 1.82) is 0 Å². The van der Waals surface area contributed by atoms with Crippen LogP contribution in [0.4, 0.5) is 0 Å². The fourth-order valence-corrected chi connectivity index (χ4v) is 4.14. The third-order valence-electron chi connectivity index (χ3n) is 5.49. The fraction of sp³-hybridized carbons (Fsp3) is 0.192. The second-order valence-electron chi connectivity index (χ2n) is 7.66. The topological polar surface area (TPSA) is 72.5 Å². The normalized spacial score (nSPS) is 15.3. The van der Waals surface area contributed by atoms with Crippen LogP contribution in [-0.2, 0) is 18.0 Å². The van der Waals surface area contributed by atoms with E-state index in [1.54, 1.807) is 50.6 Å². The molecule has 5 rings (SSSR count). The van der Waals surface area contributed by atoms with E-state index in [4.69, 9.17) is 40.0 Å². The van der Waals surface area contributed by atoms with Gasteiger partial charge in [-0.1, -0.05) is 17.7 Å². The molecular formula is C26H21ClO7. The molecule has 34 heavy (non-hydrogen) atoms. The van der Waals surface area contributed by atoms with Crippen molar-refractivity contribution in [2.75, 3.05) is 21.0 Å². The number of ether oxygens (including phenoxy) is 6. The number of methoxy groups -OCH3 is 2. The summed E-state index contributed by atoms with van der Waals surface area (Å²) in [6.45, 7) is 0.864. The third-order valence-corrected chi connectivity index (χ3v) is 5.71. The third kappa shape index (κ3) is 4.27. The molecule has 0 saturated heterocycles. The van der Waals surface area contributed by atoms with Gasteiger partial charge in [0.15, 0.2) is 24.1 Å². The van der Waals surface area contributed by atoms with Gasteiger partial charge < -0.3 is 28.4 Å². The number of allylic oxidation sites excluding steroid dienone is 1. The van der Waals surface area contributed by atoms with Crippen LogP contribution in [0.1, 0.15) is 27.0 Å². The van der Waals surface area contributed by atoms with Crippen LogP contribution in [0.2, 0.25) is 5.02 Å². The average molecular weight is 481 g/mol. The van der Waals surface area contributed by atoms with Crippen LogP contribution in [0.3, 0.4) is 0 Å². The zero-order chi connectivity index (χ0) is 23.7. The molecule has 8 heteroatoms. The second kappa shape index (κ2) is 9.29. The van der Waals surface area contributed by atoms with Gasteiger partial charge in [0.05, 0.1) is 26.4 Å². The molecule has 3 aromatic carbocycles. The Kier molecular flexibility index (Phi) is 6.04. The van der Waals surface area contributed by atoms with E-state index in [1.807, 2.05) is 18.2 Å². The van der Waals surface area contributed by atoms with Gasteiger partial charge in [0.25, 0.3) is 0 Å². The molecule has 0 aromatic heterocycles. The molecule has 0 radical (unpaired) electrons. The van der Waals surface area contributed by atoms with Crippen molar-refractivity contribution in [2.45, 2.75) is 13.2 Å². The Hall–Kier alpha value is -3.68. The number of rotatable bonds is 6. The van der Waals surface area contributed by atoms with Crippen LogP contribution in [-0.4, -0.2) is 26.8 Å². The molecule has 2 heterocycles. The average Bonchev–Trinajstić information content (AvgIpc) is 3.16. The van der Waals surface area contributed by atoms with E-state index in [0.29, 0.717) is 40.2 Å². The largest absolute Gasteiger partial charge is 0.493 e. The quantitative estimate of drug-likeness (QED) is 0.436. The zero-order valence-electron chi connectivity index (χ0n) is 18.6. The van der Waals surface area contributed by atoms with Gasteiger partial charge in [-0.3, -0.25) is 4.79 Å². The Morgan fingerprint density at radius 3 is 2.71 bits per heavy atom. The highest BCUT2D eigenvalue weighted by Crippen LogP contribution is 2.37. The van der Waals surface area contributed by atoms with Crippen LogP contribution in [0, 0.1) is 0 Å². The standard InChI is InChI=1S/C26H21ClO7/c1-29-21-6-3-15(7-23(21)30-2)8-24-25(28)20-5-4-19(11-22(20)34-24)32-13-17-10-18(27)9-16-12-31-14-33-26(16)17/h3-11H,12-14H2,1-2H3/b24-8-. The number of hydrogen-bond acceptors (Lipinski definition) is 7. The molecule has 3 aromatic rings. The molecule has 0 spiro atoms. The van der Waals surface area contributed by atoms with Crippen molar-refractivity contribution < 1.29 is 33.2 Å². The minimum absolute atomic E-state index is 0.186. The number of halogens is 1. The molecule has 0 amide bonds. The number of Topliss-reactive ketones (excluding diaryl/α,β-unsaturated/α-hetero) is 1. The van der Waals surface area contributed by atoms with Crippen LogP contribution < -0.4 is 23.7 Å². The van der Waals surface area contributed by atoms with Crippen LogP contribution in [0.15, 0.2) is 54.3 Å². The molecule has 0 unspecified atom stereocenters. The van der Waals surface area contributed by atoms with Crippen molar-refractivity contribution in [3.05, 3.63) is 81.6 Å². The second-order valence-corrected chi connectivity index (χ2v) is 8.10. The van der Waals surface area contributed by atoms with E-state index >= 15 is 0 Å². The van der Waals surface area contributed by atoms with Crippen molar-refractivity contribution in [3.63, 3.8) is 0 Å². The van der Waals surface area contributed by atoms with E-state index in [1.165, 1.54) is 0 Å². The zero-order valence-corrected chi connectivity index (χ0v) is 19.3. The molecule has 0 aliphatic carbocycles. The summed E-state index contributed by atoms with van der Waals surface area (Å²) in [5, 5.41) is 0.583. The van der Waals surface area contributed by atoms with Crippen molar-refractivity contribution in [3.8, 4) is 28.7 Å². The van der Waals surface area contributed by atoms with Crippen LogP contribution >= 0.6 is 11.6 Å². The van der Waals surface area contributed by atoms with Gasteiger partial charge >= 0.3 is 0 Å². The molecule has 0 bridgehead atoms. The summed E-state index contributed by atoms with van der Waals surface area (Å²) >= 11 is 6.23. The highest BCUT2D eigenvalue weighted by molar-refractivity contribution is 6.30. The summed E-state index contributed by atoms with van der Waals surface area (Å²) < 4.78 is 33.4. The van der Waals surface area contributed by atoms with Gasteiger partial charge in [-0.2, -0.15) is 0 Å². The minimum atomic E-state index is -0.200. The predicted molar refractivity (Wildman–Crippen MR) is 125 cm³/mol. The van der Waals surface area contributed by atoms with Crippen LogP contribution in [0.5, 0.6) is 28.7 Å². The Bertz CT molecular complexity index is 1300. The highest BCUT2D eigenvalue weighted by Gasteiger charge is 2.28. The molecular weight excluding hydrogens is 460 g/mol. The van der Waals surface area contributed by atoms with Crippen molar-refractivity contribution in [2.24, 2.45) is 0 Å². The molecule has 2 aliphatic heterocycles. The first-order valence-electron chi connectivity index (χ1n) is 10.5. The number of carbonyl (C=O) groups excluding carboxylic acids is 1. The predicted octanol–water partition coefficient (Wildman–Crippen LogP) is 5.42. The first-order chi connectivity index (χ1) is 16.6. The highest BCUT2D eigenvalue weighted by atomic mass is 35.5. The lowest BCUT2D eigenvalue weighted by atomic mass is 10.1. The van der Waals surface area contributed by atoms with E-state index in [-0.39, 0.29) is 24.9 Å². The maximum Gasteiger partial charge on any atom is 0.231 e. The molecule has 0 saturated carbocycles. The molecule has 0 atom stereocenters. The smallest absolute Gasteiger partial charge is 0.231 e. The van der Waals surface area contributed by atoms with E-state index in [0.717, 1.165) is 22.4 Å². The fourth-order valence-electron chi connectivity index (χ4n) is 3.88. The van der Waals surface area contributed by atoms with E-state index < -0.39 is 0 Å². The number of hydrogen-bond donors (Lipinski definition) is 0. The molecule has 0 N–H and O–H groups in total. The number of ketones is 1. The van der Waals surface area contributed by atoms with Crippen LogP contribution in [0.25, 0.3) is 6.08 Å². The molecule has 2 aliphatic rings. The summed E-state index contributed by atoms with van der Waals surface area (Å²) in [4.78, 5) is 12.8. The summed E-state index contributed by atoms with van der Waals surface area (Å²) in [6.07, 6.45) is 1.67. The van der Waals surface area contributed by atoms with Crippen molar-refractivity contribution in [1.82, 2.24) is 0 Å². The van der Waals surface area contributed by atoms with Gasteiger partial charge in [0.1, 0.15) is 23.9 Å². The minimum Gasteiger partial charge on any atom is -0.493 e.